The maximum atomic E-state index is 5.53. The lowest BCUT2D eigenvalue weighted by Gasteiger charge is -2.26. The SMILES string of the molecule is CCC1(c2occc2Br)CCCN1. The highest BCUT2D eigenvalue weighted by Gasteiger charge is 2.37. The Bertz CT molecular complexity index is 289. The predicted octanol–water partition coefficient (Wildman–Crippen LogP) is 3.03. The van der Waals surface area contributed by atoms with E-state index in [4.69, 9.17) is 4.42 Å². The van der Waals surface area contributed by atoms with Gasteiger partial charge in [-0.2, -0.15) is 0 Å². The lowest BCUT2D eigenvalue weighted by Crippen LogP contribution is -2.35. The topological polar surface area (TPSA) is 25.2 Å². The molecular formula is C10H14BrNO. The molecule has 0 aliphatic carbocycles. The number of furan rings is 1. The van der Waals surface area contributed by atoms with Crippen LogP contribution < -0.4 is 5.32 Å². The molecule has 0 amide bonds. The van der Waals surface area contributed by atoms with E-state index in [0.717, 1.165) is 23.2 Å². The fraction of sp³-hybridized carbons (Fsp3) is 0.600. The van der Waals surface area contributed by atoms with E-state index >= 15 is 0 Å². The first-order chi connectivity index (χ1) is 6.28. The van der Waals surface area contributed by atoms with Gasteiger partial charge >= 0.3 is 0 Å². The van der Waals surface area contributed by atoms with E-state index in [2.05, 4.69) is 28.2 Å². The van der Waals surface area contributed by atoms with Gasteiger partial charge in [0.25, 0.3) is 0 Å². The Morgan fingerprint density at radius 2 is 2.54 bits per heavy atom. The summed E-state index contributed by atoms with van der Waals surface area (Å²) in [6.07, 6.45) is 5.24. The molecule has 3 heteroatoms. The summed E-state index contributed by atoms with van der Waals surface area (Å²) in [4.78, 5) is 0. The molecule has 0 bridgehead atoms. The number of hydrogen-bond donors (Lipinski definition) is 1. The summed E-state index contributed by atoms with van der Waals surface area (Å²) in [6, 6.07) is 1.97. The molecule has 1 unspecified atom stereocenters. The summed E-state index contributed by atoms with van der Waals surface area (Å²) < 4.78 is 6.62. The molecule has 0 radical (unpaired) electrons. The molecule has 1 aliphatic heterocycles. The van der Waals surface area contributed by atoms with Crippen LogP contribution in [-0.2, 0) is 5.54 Å². The predicted molar refractivity (Wildman–Crippen MR) is 55.6 cm³/mol. The molecule has 1 saturated heterocycles. The first-order valence-electron chi connectivity index (χ1n) is 4.77. The van der Waals surface area contributed by atoms with Crippen molar-refractivity contribution in [3.8, 4) is 0 Å². The summed E-state index contributed by atoms with van der Waals surface area (Å²) in [6.45, 7) is 3.30. The molecule has 1 atom stereocenters. The molecular weight excluding hydrogens is 230 g/mol. The van der Waals surface area contributed by atoms with Gasteiger partial charge in [-0.15, -0.1) is 0 Å². The fourth-order valence-corrected chi connectivity index (χ4v) is 2.68. The fourth-order valence-electron chi connectivity index (χ4n) is 2.10. The van der Waals surface area contributed by atoms with E-state index < -0.39 is 0 Å². The maximum Gasteiger partial charge on any atom is 0.137 e. The Labute approximate surface area is 86.8 Å². The number of rotatable bonds is 2. The van der Waals surface area contributed by atoms with Crippen molar-refractivity contribution in [3.05, 3.63) is 22.6 Å². The van der Waals surface area contributed by atoms with Crippen LogP contribution >= 0.6 is 15.9 Å². The highest BCUT2D eigenvalue weighted by Crippen LogP contribution is 2.38. The van der Waals surface area contributed by atoms with Crippen molar-refractivity contribution in [1.29, 1.82) is 0 Å². The lowest BCUT2D eigenvalue weighted by molar-refractivity contribution is 0.295. The van der Waals surface area contributed by atoms with Crippen LogP contribution in [0.4, 0.5) is 0 Å². The van der Waals surface area contributed by atoms with Crippen molar-refractivity contribution < 1.29 is 4.42 Å². The van der Waals surface area contributed by atoms with Crippen molar-refractivity contribution in [3.63, 3.8) is 0 Å². The van der Waals surface area contributed by atoms with Crippen molar-refractivity contribution >= 4 is 15.9 Å². The molecule has 72 valence electrons. The second-order valence-electron chi connectivity index (χ2n) is 3.56. The molecule has 2 nitrogen and oxygen atoms in total. The first-order valence-corrected chi connectivity index (χ1v) is 5.56. The quantitative estimate of drug-likeness (QED) is 0.864. The van der Waals surface area contributed by atoms with Crippen molar-refractivity contribution in [2.45, 2.75) is 31.7 Å². The third-order valence-electron chi connectivity index (χ3n) is 2.90. The van der Waals surface area contributed by atoms with Crippen molar-refractivity contribution in [2.75, 3.05) is 6.54 Å². The second kappa shape index (κ2) is 3.46. The van der Waals surface area contributed by atoms with Crippen LogP contribution in [0.3, 0.4) is 0 Å². The summed E-state index contributed by atoms with van der Waals surface area (Å²) in [5.41, 5.74) is 0.0856. The summed E-state index contributed by atoms with van der Waals surface area (Å²) in [5, 5.41) is 3.54. The lowest BCUT2D eigenvalue weighted by atomic mass is 9.91. The Morgan fingerprint density at radius 1 is 1.69 bits per heavy atom. The van der Waals surface area contributed by atoms with Gasteiger partial charge in [0, 0.05) is 0 Å². The molecule has 13 heavy (non-hydrogen) atoms. The number of hydrogen-bond acceptors (Lipinski definition) is 2. The van der Waals surface area contributed by atoms with Crippen LogP contribution in [0.1, 0.15) is 31.9 Å². The van der Waals surface area contributed by atoms with Gasteiger partial charge < -0.3 is 9.73 Å². The Hall–Kier alpha value is -0.280. The summed E-state index contributed by atoms with van der Waals surface area (Å²) in [5.74, 6) is 1.06. The molecule has 2 rings (SSSR count). The minimum atomic E-state index is 0.0856. The Balaban J connectivity index is 2.36. The van der Waals surface area contributed by atoms with E-state index in [1.54, 1.807) is 6.26 Å². The van der Waals surface area contributed by atoms with Gasteiger partial charge in [0.05, 0.1) is 16.3 Å². The molecule has 0 aromatic carbocycles. The van der Waals surface area contributed by atoms with E-state index in [-0.39, 0.29) is 5.54 Å². The van der Waals surface area contributed by atoms with Crippen molar-refractivity contribution in [2.24, 2.45) is 0 Å². The smallest absolute Gasteiger partial charge is 0.137 e. The van der Waals surface area contributed by atoms with Crippen LogP contribution in [0.15, 0.2) is 21.2 Å². The maximum absolute atomic E-state index is 5.53. The average molecular weight is 244 g/mol. The summed E-state index contributed by atoms with van der Waals surface area (Å²) >= 11 is 3.52. The van der Waals surface area contributed by atoms with Gasteiger partial charge in [-0.1, -0.05) is 6.92 Å². The molecule has 0 saturated carbocycles. The zero-order chi connectivity index (χ0) is 9.31. The molecule has 1 aliphatic rings. The van der Waals surface area contributed by atoms with Gasteiger partial charge in [-0.3, -0.25) is 0 Å². The normalized spacial score (nSPS) is 28.2. The standard InChI is InChI=1S/C10H14BrNO/c1-2-10(5-3-6-12-10)9-8(11)4-7-13-9/h4,7,12H,2-3,5-6H2,1H3. The van der Waals surface area contributed by atoms with Gasteiger partial charge in [-0.05, 0) is 47.8 Å². The zero-order valence-corrected chi connectivity index (χ0v) is 9.36. The van der Waals surface area contributed by atoms with Crippen LogP contribution in [0.5, 0.6) is 0 Å². The second-order valence-corrected chi connectivity index (χ2v) is 4.42. The number of nitrogens with one attached hydrogen (secondary N) is 1. The average Bonchev–Trinajstić information content (AvgIpc) is 2.73. The van der Waals surface area contributed by atoms with Crippen LogP contribution in [0.2, 0.25) is 0 Å². The molecule has 1 N–H and O–H groups in total. The number of halogens is 1. The molecule has 2 heterocycles. The van der Waals surface area contributed by atoms with Crippen LogP contribution in [-0.4, -0.2) is 6.54 Å². The van der Waals surface area contributed by atoms with Gasteiger partial charge in [0.15, 0.2) is 0 Å². The minimum Gasteiger partial charge on any atom is -0.466 e. The Morgan fingerprint density at radius 3 is 3.00 bits per heavy atom. The monoisotopic (exact) mass is 243 g/mol. The largest absolute Gasteiger partial charge is 0.466 e. The summed E-state index contributed by atoms with van der Waals surface area (Å²) in [7, 11) is 0. The van der Waals surface area contributed by atoms with E-state index in [9.17, 15) is 0 Å². The van der Waals surface area contributed by atoms with Gasteiger partial charge in [-0.25, -0.2) is 0 Å². The van der Waals surface area contributed by atoms with Gasteiger partial charge in [0.1, 0.15) is 5.76 Å². The van der Waals surface area contributed by atoms with Crippen LogP contribution in [0.25, 0.3) is 0 Å². The van der Waals surface area contributed by atoms with E-state index in [0.29, 0.717) is 0 Å². The molecule has 1 fully saturated rings. The van der Waals surface area contributed by atoms with Gasteiger partial charge in [0.2, 0.25) is 0 Å². The third-order valence-corrected chi connectivity index (χ3v) is 3.52. The van der Waals surface area contributed by atoms with Crippen LogP contribution in [0, 0.1) is 0 Å². The minimum absolute atomic E-state index is 0.0856. The highest BCUT2D eigenvalue weighted by atomic mass is 79.9. The van der Waals surface area contributed by atoms with E-state index in [1.165, 1.54) is 12.8 Å². The van der Waals surface area contributed by atoms with Crippen molar-refractivity contribution in [1.82, 2.24) is 5.32 Å². The molecule has 0 spiro atoms. The molecule has 1 aromatic heterocycles. The molecule has 1 aromatic rings. The third kappa shape index (κ3) is 1.44. The zero-order valence-electron chi connectivity index (χ0n) is 7.77. The first kappa shape index (κ1) is 9.28. The highest BCUT2D eigenvalue weighted by molar-refractivity contribution is 9.10. The van der Waals surface area contributed by atoms with E-state index in [1.807, 2.05) is 6.07 Å². The Kier molecular flexibility index (Phi) is 2.47.